The van der Waals surface area contributed by atoms with Crippen LogP contribution in [0.25, 0.3) is 0 Å². The minimum Gasteiger partial charge on any atom is -0.494 e. The van der Waals surface area contributed by atoms with Gasteiger partial charge in [-0.3, -0.25) is 14.5 Å². The summed E-state index contributed by atoms with van der Waals surface area (Å²) in [6.07, 6.45) is 1.09. The van der Waals surface area contributed by atoms with Crippen molar-refractivity contribution in [1.29, 1.82) is 0 Å². The van der Waals surface area contributed by atoms with Gasteiger partial charge in [0.1, 0.15) is 11.6 Å². The summed E-state index contributed by atoms with van der Waals surface area (Å²) in [6, 6.07) is 11.8. The summed E-state index contributed by atoms with van der Waals surface area (Å²) in [5.41, 5.74) is 2.35. The zero-order valence-electron chi connectivity index (χ0n) is 17.9. The molecule has 4 nitrogen and oxygen atoms in total. The fourth-order valence-electron chi connectivity index (χ4n) is 4.66. The predicted octanol–water partition coefficient (Wildman–Crippen LogP) is 6.04. The minimum atomic E-state index is -0.548. The Morgan fingerprint density at radius 1 is 1.16 bits per heavy atom. The minimum absolute atomic E-state index is 0.0354. The van der Waals surface area contributed by atoms with Crippen LogP contribution in [0.3, 0.4) is 0 Å². The third-order valence-corrected chi connectivity index (χ3v) is 6.19. The van der Waals surface area contributed by atoms with Crippen LogP contribution in [0.4, 0.5) is 10.1 Å². The molecule has 1 aliphatic heterocycles. The maximum Gasteiger partial charge on any atom is 0.232 e. The van der Waals surface area contributed by atoms with Crippen molar-refractivity contribution in [3.8, 4) is 5.75 Å². The topological polar surface area (TPSA) is 46.6 Å². The van der Waals surface area contributed by atoms with Crippen molar-refractivity contribution in [2.24, 2.45) is 5.41 Å². The van der Waals surface area contributed by atoms with Crippen molar-refractivity contribution in [1.82, 2.24) is 0 Å². The highest BCUT2D eigenvalue weighted by Crippen LogP contribution is 2.49. The number of Topliss-reactive ketones (excluding diaryl/α,β-unsaturated/α-hetero) is 1. The predicted molar refractivity (Wildman–Crippen MR) is 119 cm³/mol. The molecule has 0 N–H and O–H groups in total. The molecule has 1 atom stereocenters. The number of ketones is 1. The standard InChI is InChI=1S/C25H25ClFNO3/c1-4-31-22-8-6-5-7-16(22)17-12-23(30)28(15-9-10-19(27)18(26)11-15)20-13-25(2,3)14-21(29)24(17)20/h5-11,17H,4,12-14H2,1-3H3. The summed E-state index contributed by atoms with van der Waals surface area (Å²) in [5, 5.41) is -0.0577. The molecule has 0 aromatic heterocycles. The highest BCUT2D eigenvalue weighted by atomic mass is 35.5. The van der Waals surface area contributed by atoms with E-state index in [4.69, 9.17) is 16.3 Å². The second-order valence-corrected chi connectivity index (χ2v) is 9.26. The lowest BCUT2D eigenvalue weighted by Crippen LogP contribution is -2.43. The van der Waals surface area contributed by atoms with Gasteiger partial charge < -0.3 is 4.74 Å². The molecule has 2 aliphatic rings. The summed E-state index contributed by atoms with van der Waals surface area (Å²) in [4.78, 5) is 28.4. The van der Waals surface area contributed by atoms with E-state index in [2.05, 4.69) is 0 Å². The van der Waals surface area contributed by atoms with Gasteiger partial charge >= 0.3 is 0 Å². The van der Waals surface area contributed by atoms with E-state index in [0.717, 1.165) is 5.56 Å². The first-order valence-electron chi connectivity index (χ1n) is 10.5. The van der Waals surface area contributed by atoms with Crippen LogP contribution in [0.15, 0.2) is 53.7 Å². The van der Waals surface area contributed by atoms with Crippen LogP contribution in [0.5, 0.6) is 5.75 Å². The molecule has 0 saturated heterocycles. The number of rotatable bonds is 4. The molecule has 0 radical (unpaired) electrons. The SMILES string of the molecule is CCOc1ccccc1C1CC(=O)N(c2ccc(F)c(Cl)c2)C2=C1C(=O)CC(C)(C)C2. The lowest BCUT2D eigenvalue weighted by molar-refractivity contribution is -0.121. The molecule has 1 amide bonds. The molecule has 2 aromatic rings. The average Bonchev–Trinajstić information content (AvgIpc) is 2.69. The van der Waals surface area contributed by atoms with Crippen molar-refractivity contribution in [2.75, 3.05) is 11.5 Å². The van der Waals surface area contributed by atoms with Gasteiger partial charge in [0.2, 0.25) is 5.91 Å². The fraction of sp³-hybridized carbons (Fsp3) is 0.360. The van der Waals surface area contributed by atoms with Crippen LogP contribution < -0.4 is 9.64 Å². The Morgan fingerprint density at radius 3 is 2.61 bits per heavy atom. The normalized spacial score (nSPS) is 20.7. The van der Waals surface area contributed by atoms with E-state index in [9.17, 15) is 14.0 Å². The van der Waals surface area contributed by atoms with Gasteiger partial charge in [0.05, 0.1) is 17.3 Å². The molecule has 0 saturated carbocycles. The maximum atomic E-state index is 13.8. The van der Waals surface area contributed by atoms with E-state index >= 15 is 0 Å². The summed E-state index contributed by atoms with van der Waals surface area (Å²) in [6.45, 7) is 6.44. The average molecular weight is 442 g/mol. The molecule has 0 spiro atoms. The van der Waals surface area contributed by atoms with Crippen molar-refractivity contribution in [3.63, 3.8) is 0 Å². The first-order chi connectivity index (χ1) is 14.7. The number of hydrogen-bond acceptors (Lipinski definition) is 3. The largest absolute Gasteiger partial charge is 0.494 e. The zero-order valence-corrected chi connectivity index (χ0v) is 18.6. The summed E-state index contributed by atoms with van der Waals surface area (Å²) in [5.74, 6) is -0.351. The van der Waals surface area contributed by atoms with E-state index in [0.29, 0.717) is 42.2 Å². The van der Waals surface area contributed by atoms with Gasteiger partial charge in [0.15, 0.2) is 5.78 Å². The molecule has 1 unspecified atom stereocenters. The first kappa shape index (κ1) is 21.6. The molecule has 1 heterocycles. The smallest absolute Gasteiger partial charge is 0.232 e. The van der Waals surface area contributed by atoms with Gasteiger partial charge in [0, 0.05) is 35.6 Å². The van der Waals surface area contributed by atoms with Crippen molar-refractivity contribution < 1.29 is 18.7 Å². The van der Waals surface area contributed by atoms with Crippen LogP contribution in [-0.4, -0.2) is 18.3 Å². The third-order valence-electron chi connectivity index (χ3n) is 5.90. The molecule has 0 bridgehead atoms. The van der Waals surface area contributed by atoms with Gasteiger partial charge in [-0.05, 0) is 43.0 Å². The van der Waals surface area contributed by atoms with Crippen LogP contribution in [0, 0.1) is 11.2 Å². The lowest BCUT2D eigenvalue weighted by atomic mass is 9.69. The van der Waals surface area contributed by atoms with E-state index in [1.807, 2.05) is 45.0 Å². The number of para-hydroxylation sites is 1. The Morgan fingerprint density at radius 2 is 1.90 bits per heavy atom. The molecule has 31 heavy (non-hydrogen) atoms. The van der Waals surface area contributed by atoms with Crippen molar-refractivity contribution >= 4 is 29.0 Å². The Kier molecular flexibility index (Phi) is 5.65. The Labute approximate surface area is 186 Å². The van der Waals surface area contributed by atoms with Gasteiger partial charge in [-0.2, -0.15) is 0 Å². The Hall–Kier alpha value is -2.66. The summed E-state index contributed by atoms with van der Waals surface area (Å²) < 4.78 is 19.6. The van der Waals surface area contributed by atoms with Gasteiger partial charge in [0.25, 0.3) is 0 Å². The lowest BCUT2D eigenvalue weighted by Gasteiger charge is -2.43. The number of nitrogens with zero attached hydrogens (tertiary/aromatic N) is 1. The van der Waals surface area contributed by atoms with Crippen LogP contribution >= 0.6 is 11.6 Å². The van der Waals surface area contributed by atoms with Gasteiger partial charge in [-0.15, -0.1) is 0 Å². The second-order valence-electron chi connectivity index (χ2n) is 8.86. The monoisotopic (exact) mass is 441 g/mol. The van der Waals surface area contributed by atoms with E-state index in [-0.39, 0.29) is 34.5 Å². The van der Waals surface area contributed by atoms with Crippen molar-refractivity contribution in [3.05, 3.63) is 70.1 Å². The zero-order chi connectivity index (χ0) is 22.3. The molecule has 0 fully saturated rings. The van der Waals surface area contributed by atoms with Gasteiger partial charge in [-0.1, -0.05) is 43.6 Å². The van der Waals surface area contributed by atoms with Crippen LogP contribution in [0.1, 0.15) is 51.5 Å². The van der Waals surface area contributed by atoms with Gasteiger partial charge in [-0.25, -0.2) is 4.39 Å². The number of benzene rings is 2. The number of carbonyl (C=O) groups excluding carboxylic acids is 2. The molecule has 4 rings (SSSR count). The van der Waals surface area contributed by atoms with E-state index in [1.165, 1.54) is 18.2 Å². The van der Waals surface area contributed by atoms with Crippen LogP contribution in [0.2, 0.25) is 5.02 Å². The molecule has 1 aliphatic carbocycles. The third kappa shape index (κ3) is 3.99. The van der Waals surface area contributed by atoms with E-state index < -0.39 is 5.82 Å². The van der Waals surface area contributed by atoms with Crippen molar-refractivity contribution in [2.45, 2.75) is 46.0 Å². The summed E-state index contributed by atoms with van der Waals surface area (Å²) in [7, 11) is 0. The maximum absolute atomic E-state index is 13.8. The second kappa shape index (κ2) is 8.12. The highest BCUT2D eigenvalue weighted by molar-refractivity contribution is 6.31. The van der Waals surface area contributed by atoms with E-state index in [1.54, 1.807) is 4.90 Å². The first-order valence-corrected chi connectivity index (χ1v) is 10.9. The molecule has 6 heteroatoms. The molecular weight excluding hydrogens is 417 g/mol. The Balaban J connectivity index is 1.91. The van der Waals surface area contributed by atoms with Crippen LogP contribution in [-0.2, 0) is 9.59 Å². The summed E-state index contributed by atoms with van der Waals surface area (Å²) >= 11 is 6.01. The number of amides is 1. The highest BCUT2D eigenvalue weighted by Gasteiger charge is 2.45. The number of hydrogen-bond donors (Lipinski definition) is 0. The molecular formula is C25H25ClFNO3. The molecule has 162 valence electrons. The number of halogens is 2. The quantitative estimate of drug-likeness (QED) is 0.581. The molecule has 2 aromatic carbocycles. The number of allylic oxidation sites excluding steroid dienone is 2. The number of ether oxygens (including phenoxy) is 1. The fourth-order valence-corrected chi connectivity index (χ4v) is 4.83. The Bertz CT molecular complexity index is 1090. The number of anilines is 1. The number of carbonyl (C=O) groups is 2.